The van der Waals surface area contributed by atoms with Gasteiger partial charge in [-0.1, -0.05) is 0 Å². The van der Waals surface area contributed by atoms with Crippen LogP contribution in [0, 0.1) is 5.92 Å². The third-order valence-electron chi connectivity index (χ3n) is 2.84. The van der Waals surface area contributed by atoms with Crippen molar-refractivity contribution in [1.29, 1.82) is 0 Å². The summed E-state index contributed by atoms with van der Waals surface area (Å²) in [6.45, 7) is 5.40. The molecule has 0 amide bonds. The molecule has 0 aromatic carbocycles. The van der Waals surface area contributed by atoms with Gasteiger partial charge >= 0.3 is 5.97 Å². The molecular weight excluding hydrogens is 194 g/mol. The molecule has 0 aliphatic carbocycles. The summed E-state index contributed by atoms with van der Waals surface area (Å²) in [5.41, 5.74) is 0. The van der Waals surface area contributed by atoms with Crippen LogP contribution in [0.25, 0.3) is 0 Å². The number of esters is 1. The molecule has 15 heavy (non-hydrogen) atoms. The first kappa shape index (κ1) is 12.5. The summed E-state index contributed by atoms with van der Waals surface area (Å²) in [4.78, 5) is 13.7. The number of ether oxygens (including phenoxy) is 1. The van der Waals surface area contributed by atoms with Gasteiger partial charge in [-0.2, -0.15) is 0 Å². The van der Waals surface area contributed by atoms with Gasteiger partial charge in [-0.25, -0.2) is 0 Å². The third kappa shape index (κ3) is 4.18. The van der Waals surface area contributed by atoms with Crippen molar-refractivity contribution in [2.24, 2.45) is 5.92 Å². The van der Waals surface area contributed by atoms with Gasteiger partial charge in [-0.3, -0.25) is 4.79 Å². The molecule has 88 valence electrons. The van der Waals surface area contributed by atoms with Crippen LogP contribution in [0.2, 0.25) is 0 Å². The van der Waals surface area contributed by atoms with Gasteiger partial charge in [0.1, 0.15) is 0 Å². The Kier molecular flexibility index (Phi) is 5.65. The predicted molar refractivity (Wildman–Crippen MR) is 57.5 cm³/mol. The van der Waals surface area contributed by atoms with Gasteiger partial charge in [0.15, 0.2) is 0 Å². The van der Waals surface area contributed by atoms with E-state index in [1.165, 1.54) is 0 Å². The van der Waals surface area contributed by atoms with Crippen molar-refractivity contribution < 1.29 is 14.6 Å². The van der Waals surface area contributed by atoms with E-state index in [4.69, 9.17) is 9.84 Å². The van der Waals surface area contributed by atoms with Gasteiger partial charge < -0.3 is 14.7 Å². The zero-order valence-corrected chi connectivity index (χ0v) is 9.45. The number of likely N-dealkylation sites (tertiary alicyclic amines) is 1. The summed E-state index contributed by atoms with van der Waals surface area (Å²) in [5.74, 6) is 0.0506. The number of nitrogens with zero attached hydrogens (tertiary/aromatic N) is 1. The molecule has 0 spiro atoms. The lowest BCUT2D eigenvalue weighted by atomic mass is 9.97. The minimum atomic E-state index is -0.0423. The summed E-state index contributed by atoms with van der Waals surface area (Å²) in [5, 5.41) is 8.71. The highest BCUT2D eigenvalue weighted by Gasteiger charge is 2.25. The minimum absolute atomic E-state index is 0.0423. The predicted octanol–water partition coefficient (Wildman–Crippen LogP) is 0.644. The van der Waals surface area contributed by atoms with Crippen LogP contribution in [0.4, 0.5) is 0 Å². The standard InChI is InChI=1S/C11H21NO3/c1-2-15-11(14)10-4-7-12(8-5-10)6-3-9-13/h10,13H,2-9H2,1H3. The third-order valence-corrected chi connectivity index (χ3v) is 2.84. The number of piperidine rings is 1. The lowest BCUT2D eigenvalue weighted by Crippen LogP contribution is -2.37. The van der Waals surface area contributed by atoms with Crippen molar-refractivity contribution in [1.82, 2.24) is 4.90 Å². The lowest BCUT2D eigenvalue weighted by Gasteiger charge is -2.30. The van der Waals surface area contributed by atoms with Crippen LogP contribution >= 0.6 is 0 Å². The number of aliphatic hydroxyl groups excluding tert-OH is 1. The zero-order valence-electron chi connectivity index (χ0n) is 9.45. The molecule has 1 aliphatic rings. The number of rotatable bonds is 5. The normalized spacial score (nSPS) is 19.1. The molecule has 1 rings (SSSR count). The Balaban J connectivity index is 2.20. The van der Waals surface area contributed by atoms with E-state index >= 15 is 0 Å². The summed E-state index contributed by atoms with van der Waals surface area (Å²) < 4.78 is 5.00. The minimum Gasteiger partial charge on any atom is -0.466 e. The van der Waals surface area contributed by atoms with E-state index in [-0.39, 0.29) is 18.5 Å². The monoisotopic (exact) mass is 215 g/mol. The molecule has 0 radical (unpaired) electrons. The number of hydrogen-bond donors (Lipinski definition) is 1. The number of hydrogen-bond acceptors (Lipinski definition) is 4. The van der Waals surface area contributed by atoms with E-state index in [1.54, 1.807) is 0 Å². The molecule has 4 nitrogen and oxygen atoms in total. The SMILES string of the molecule is CCOC(=O)C1CCN(CCCO)CC1. The highest BCUT2D eigenvalue weighted by atomic mass is 16.5. The van der Waals surface area contributed by atoms with Gasteiger partial charge in [0.25, 0.3) is 0 Å². The molecule has 0 unspecified atom stereocenters. The smallest absolute Gasteiger partial charge is 0.309 e. The fourth-order valence-corrected chi connectivity index (χ4v) is 1.95. The van der Waals surface area contributed by atoms with Crippen LogP contribution in [0.3, 0.4) is 0 Å². The Hall–Kier alpha value is -0.610. The van der Waals surface area contributed by atoms with Crippen LogP contribution < -0.4 is 0 Å². The first-order valence-electron chi connectivity index (χ1n) is 5.77. The highest BCUT2D eigenvalue weighted by Crippen LogP contribution is 2.18. The molecule has 1 aliphatic heterocycles. The average Bonchev–Trinajstić information content (AvgIpc) is 2.27. The topological polar surface area (TPSA) is 49.8 Å². The van der Waals surface area contributed by atoms with E-state index in [0.29, 0.717) is 6.61 Å². The molecule has 1 fully saturated rings. The van der Waals surface area contributed by atoms with Gasteiger partial charge in [-0.15, -0.1) is 0 Å². The molecule has 1 heterocycles. The maximum Gasteiger partial charge on any atom is 0.309 e. The van der Waals surface area contributed by atoms with Gasteiger partial charge in [0.05, 0.1) is 12.5 Å². The van der Waals surface area contributed by atoms with E-state index in [2.05, 4.69) is 4.90 Å². The second kappa shape index (κ2) is 6.80. The van der Waals surface area contributed by atoms with Crippen molar-refractivity contribution in [3.63, 3.8) is 0 Å². The quantitative estimate of drug-likeness (QED) is 0.684. The number of aliphatic hydroxyl groups is 1. The van der Waals surface area contributed by atoms with Crippen molar-refractivity contribution in [3.8, 4) is 0 Å². The van der Waals surface area contributed by atoms with Crippen LogP contribution in [-0.2, 0) is 9.53 Å². The fraction of sp³-hybridized carbons (Fsp3) is 0.909. The van der Waals surface area contributed by atoms with Gasteiger partial charge in [0, 0.05) is 13.2 Å². The molecule has 1 saturated heterocycles. The van der Waals surface area contributed by atoms with Gasteiger partial charge in [0.2, 0.25) is 0 Å². The maximum absolute atomic E-state index is 11.4. The Morgan fingerprint density at radius 2 is 2.13 bits per heavy atom. The average molecular weight is 215 g/mol. The van der Waals surface area contributed by atoms with Crippen molar-refractivity contribution in [3.05, 3.63) is 0 Å². The van der Waals surface area contributed by atoms with Crippen LogP contribution in [0.5, 0.6) is 0 Å². The second-order valence-corrected chi connectivity index (χ2v) is 3.95. The number of carbonyl (C=O) groups is 1. The Labute approximate surface area is 91.2 Å². The fourth-order valence-electron chi connectivity index (χ4n) is 1.95. The zero-order chi connectivity index (χ0) is 11.1. The van der Waals surface area contributed by atoms with Crippen LogP contribution in [-0.4, -0.2) is 48.8 Å². The molecule has 0 atom stereocenters. The van der Waals surface area contributed by atoms with E-state index in [0.717, 1.165) is 38.9 Å². The second-order valence-electron chi connectivity index (χ2n) is 3.95. The van der Waals surface area contributed by atoms with E-state index in [9.17, 15) is 4.79 Å². The Morgan fingerprint density at radius 3 is 2.67 bits per heavy atom. The van der Waals surface area contributed by atoms with Crippen LogP contribution in [0.1, 0.15) is 26.2 Å². The largest absolute Gasteiger partial charge is 0.466 e. The van der Waals surface area contributed by atoms with Crippen molar-refractivity contribution in [2.75, 3.05) is 32.8 Å². The van der Waals surface area contributed by atoms with Crippen molar-refractivity contribution >= 4 is 5.97 Å². The first-order valence-corrected chi connectivity index (χ1v) is 5.77. The van der Waals surface area contributed by atoms with Crippen molar-refractivity contribution in [2.45, 2.75) is 26.2 Å². The summed E-state index contributed by atoms with van der Waals surface area (Å²) in [7, 11) is 0. The molecule has 1 N–H and O–H groups in total. The molecule has 0 bridgehead atoms. The van der Waals surface area contributed by atoms with E-state index < -0.39 is 0 Å². The van der Waals surface area contributed by atoms with E-state index in [1.807, 2.05) is 6.92 Å². The molecule has 0 aromatic heterocycles. The van der Waals surface area contributed by atoms with Gasteiger partial charge in [-0.05, 0) is 39.3 Å². The summed E-state index contributed by atoms with van der Waals surface area (Å²) in [6.07, 6.45) is 2.61. The molecule has 0 saturated carbocycles. The summed E-state index contributed by atoms with van der Waals surface area (Å²) in [6, 6.07) is 0. The maximum atomic E-state index is 11.4. The Bertz CT molecular complexity index is 188. The molecular formula is C11H21NO3. The first-order chi connectivity index (χ1) is 7.27. The van der Waals surface area contributed by atoms with Crippen LogP contribution in [0.15, 0.2) is 0 Å². The molecule has 0 aromatic rings. The molecule has 4 heteroatoms. The Morgan fingerprint density at radius 1 is 1.47 bits per heavy atom. The number of carbonyl (C=O) groups excluding carboxylic acids is 1. The highest BCUT2D eigenvalue weighted by molar-refractivity contribution is 5.72. The lowest BCUT2D eigenvalue weighted by molar-refractivity contribution is -0.149. The summed E-state index contributed by atoms with van der Waals surface area (Å²) >= 11 is 0.